The highest BCUT2D eigenvalue weighted by Gasteiger charge is 2.68. The summed E-state index contributed by atoms with van der Waals surface area (Å²) in [5, 5.41) is 1.90. The molecule has 0 saturated carbocycles. The zero-order valence-electron chi connectivity index (χ0n) is 22.7. The number of benzene rings is 5. The molecule has 0 unspecified atom stereocenters. The molecule has 2 amide bonds. The number of hydrogen-bond acceptors (Lipinski definition) is 3. The molecular weight excluding hydrogens is 504 g/mol. The molecule has 0 radical (unpaired) electrons. The lowest BCUT2D eigenvalue weighted by Crippen LogP contribution is -2.54. The van der Waals surface area contributed by atoms with Crippen LogP contribution in [0.3, 0.4) is 0 Å². The zero-order chi connectivity index (χ0) is 27.7. The van der Waals surface area contributed by atoms with Crippen molar-refractivity contribution in [1.29, 1.82) is 0 Å². The Labute approximate surface area is 239 Å². The Bertz CT molecular complexity index is 1850. The van der Waals surface area contributed by atoms with Gasteiger partial charge < -0.3 is 0 Å². The molecule has 198 valence electrons. The number of fused-ring (bicyclic) bond motifs is 1. The van der Waals surface area contributed by atoms with Crippen molar-refractivity contribution in [1.82, 2.24) is 0 Å². The molecule has 4 nitrogen and oxygen atoms in total. The monoisotopic (exact) mass is 532 g/mol. The molecule has 1 heterocycles. The number of aryl methyl sites for hydroxylation is 1. The van der Waals surface area contributed by atoms with Crippen LogP contribution >= 0.6 is 0 Å². The van der Waals surface area contributed by atoms with Gasteiger partial charge in [-0.1, -0.05) is 104 Å². The van der Waals surface area contributed by atoms with Gasteiger partial charge in [0.25, 0.3) is 0 Å². The normalized spacial score (nSPS) is 24.1. The number of carbonyl (C=O) groups is 2. The summed E-state index contributed by atoms with van der Waals surface area (Å²) in [7, 11) is 0. The molecule has 5 aromatic rings. The van der Waals surface area contributed by atoms with Crippen LogP contribution in [0.25, 0.3) is 10.8 Å². The summed E-state index contributed by atoms with van der Waals surface area (Å²) < 4.78 is 0. The Morgan fingerprint density at radius 1 is 0.732 bits per heavy atom. The van der Waals surface area contributed by atoms with Gasteiger partial charge in [-0.3, -0.25) is 14.6 Å². The van der Waals surface area contributed by atoms with E-state index in [4.69, 9.17) is 4.99 Å². The van der Waals surface area contributed by atoms with Crippen LogP contribution in [0, 0.1) is 11.8 Å². The summed E-state index contributed by atoms with van der Waals surface area (Å²) in [4.78, 5) is 35.8. The Hall–Kier alpha value is -4.83. The zero-order valence-corrected chi connectivity index (χ0v) is 22.7. The fraction of sp³-hybridized carbons (Fsp3) is 0.162. The van der Waals surface area contributed by atoms with E-state index >= 15 is 0 Å². The highest BCUT2D eigenvalue weighted by atomic mass is 16.2. The smallest absolute Gasteiger partial charge is 0.239 e. The van der Waals surface area contributed by atoms with Gasteiger partial charge in [0.2, 0.25) is 11.8 Å². The first-order valence-electron chi connectivity index (χ1n) is 14.3. The molecule has 1 aliphatic heterocycles. The maximum absolute atomic E-state index is 14.7. The van der Waals surface area contributed by atoms with Gasteiger partial charge in [0.15, 0.2) is 0 Å². The van der Waals surface area contributed by atoms with E-state index in [-0.39, 0.29) is 17.7 Å². The van der Waals surface area contributed by atoms with E-state index in [0.717, 1.165) is 45.1 Å². The number of imide groups is 1. The number of anilines is 1. The van der Waals surface area contributed by atoms with Gasteiger partial charge in [0.05, 0.1) is 28.6 Å². The van der Waals surface area contributed by atoms with E-state index in [0.29, 0.717) is 5.69 Å². The molecule has 0 N–H and O–H groups in total. The van der Waals surface area contributed by atoms with Gasteiger partial charge in [-0.05, 0) is 57.8 Å². The molecule has 41 heavy (non-hydrogen) atoms. The van der Waals surface area contributed by atoms with Crippen LogP contribution in [0.2, 0.25) is 0 Å². The largest absolute Gasteiger partial charge is 0.274 e. The average molecular weight is 533 g/mol. The van der Waals surface area contributed by atoms with Gasteiger partial charge in [0.1, 0.15) is 0 Å². The van der Waals surface area contributed by atoms with E-state index in [2.05, 4.69) is 43.3 Å². The SMILES string of the molecule is CCc1ccc(N=CC23c4ccccc4C(c4ccccc42)[C@@H]2C(=O)N(c4cccc5ccccc45)C(=O)[C@@H]23)cc1. The van der Waals surface area contributed by atoms with Crippen molar-refractivity contribution in [3.05, 3.63) is 143 Å². The minimum Gasteiger partial charge on any atom is -0.274 e. The van der Waals surface area contributed by atoms with Crippen LogP contribution in [0.5, 0.6) is 0 Å². The van der Waals surface area contributed by atoms with Crippen molar-refractivity contribution in [2.45, 2.75) is 24.7 Å². The predicted molar refractivity (Wildman–Crippen MR) is 163 cm³/mol. The maximum Gasteiger partial charge on any atom is 0.239 e. The lowest BCUT2D eigenvalue weighted by atomic mass is 9.47. The van der Waals surface area contributed by atoms with Gasteiger partial charge in [-0.2, -0.15) is 0 Å². The van der Waals surface area contributed by atoms with Crippen LogP contribution < -0.4 is 4.90 Å². The van der Waals surface area contributed by atoms with Crippen LogP contribution in [0.15, 0.2) is 120 Å². The molecule has 9 rings (SSSR count). The summed E-state index contributed by atoms with van der Waals surface area (Å²) in [5.41, 5.74) is 6.23. The van der Waals surface area contributed by atoms with E-state index < -0.39 is 17.3 Å². The number of hydrogen-bond donors (Lipinski definition) is 0. The number of carbonyl (C=O) groups excluding carboxylic acids is 2. The molecule has 0 aromatic heterocycles. The molecular formula is C37H28N2O2. The van der Waals surface area contributed by atoms with Crippen molar-refractivity contribution in [2.75, 3.05) is 4.90 Å². The molecule has 2 atom stereocenters. The summed E-state index contributed by atoms with van der Waals surface area (Å²) in [6, 6.07) is 38.7. The van der Waals surface area contributed by atoms with Gasteiger partial charge in [0, 0.05) is 17.5 Å². The third-order valence-electron chi connectivity index (χ3n) is 9.45. The van der Waals surface area contributed by atoms with Crippen LogP contribution in [0.4, 0.5) is 11.4 Å². The molecule has 1 fully saturated rings. The van der Waals surface area contributed by atoms with Gasteiger partial charge in [-0.15, -0.1) is 0 Å². The second kappa shape index (κ2) is 8.84. The molecule has 2 bridgehead atoms. The first-order chi connectivity index (χ1) is 20.1. The number of amides is 2. The molecule has 3 aliphatic carbocycles. The van der Waals surface area contributed by atoms with Crippen LogP contribution in [-0.2, 0) is 21.4 Å². The highest BCUT2D eigenvalue weighted by molar-refractivity contribution is 6.27. The van der Waals surface area contributed by atoms with Crippen molar-refractivity contribution < 1.29 is 9.59 Å². The molecule has 0 spiro atoms. The van der Waals surface area contributed by atoms with Gasteiger partial charge in [-0.25, -0.2) is 4.90 Å². The summed E-state index contributed by atoms with van der Waals surface area (Å²) >= 11 is 0. The van der Waals surface area contributed by atoms with Crippen molar-refractivity contribution in [2.24, 2.45) is 16.8 Å². The standard InChI is InChI=1S/C37H28N2O2/c1-2-23-18-20-25(21-19-23)38-22-37-29-15-7-5-13-27(29)32(28-14-6-8-16-30(28)37)33-34(37)36(41)39(35(33)40)31-17-9-11-24-10-3-4-12-26(24)31/h3-22,32-34H,2H2,1H3/t32?,33-,34+,37?/m0/s1. The topological polar surface area (TPSA) is 49.7 Å². The average Bonchev–Trinajstić information content (AvgIpc) is 3.30. The fourth-order valence-corrected chi connectivity index (χ4v) is 7.68. The Kier molecular flexibility index (Phi) is 5.17. The first-order valence-corrected chi connectivity index (χ1v) is 14.3. The second-order valence-corrected chi connectivity index (χ2v) is 11.3. The number of nitrogens with zero attached hydrogens (tertiary/aromatic N) is 2. The molecule has 4 aliphatic rings. The minimum atomic E-state index is -0.873. The Balaban J connectivity index is 1.38. The third kappa shape index (κ3) is 3.19. The lowest BCUT2D eigenvalue weighted by Gasteiger charge is -2.52. The lowest BCUT2D eigenvalue weighted by molar-refractivity contribution is -0.122. The van der Waals surface area contributed by atoms with Crippen LogP contribution in [0.1, 0.15) is 40.7 Å². The summed E-state index contributed by atoms with van der Waals surface area (Å²) in [6.07, 6.45) is 2.93. The van der Waals surface area contributed by atoms with E-state index in [1.54, 1.807) is 0 Å². The first kappa shape index (κ1) is 24.0. The molecule has 4 heteroatoms. The van der Waals surface area contributed by atoms with Crippen molar-refractivity contribution in [3.8, 4) is 0 Å². The maximum atomic E-state index is 14.7. The quantitative estimate of drug-likeness (QED) is 0.179. The molecule has 1 saturated heterocycles. The Morgan fingerprint density at radius 3 is 2.07 bits per heavy atom. The van der Waals surface area contributed by atoms with Crippen LogP contribution in [-0.4, -0.2) is 18.0 Å². The number of aliphatic imine (C=N–C) groups is 1. The van der Waals surface area contributed by atoms with Crippen molar-refractivity contribution in [3.63, 3.8) is 0 Å². The summed E-state index contributed by atoms with van der Waals surface area (Å²) in [6.45, 7) is 2.14. The van der Waals surface area contributed by atoms with E-state index in [1.807, 2.05) is 85.1 Å². The van der Waals surface area contributed by atoms with Crippen molar-refractivity contribution >= 4 is 40.2 Å². The minimum absolute atomic E-state index is 0.129. The second-order valence-electron chi connectivity index (χ2n) is 11.3. The molecule has 5 aromatic carbocycles. The highest BCUT2D eigenvalue weighted by Crippen LogP contribution is 2.64. The number of rotatable bonds is 4. The Morgan fingerprint density at radius 2 is 1.37 bits per heavy atom. The summed E-state index contributed by atoms with van der Waals surface area (Å²) in [5.74, 6) is -1.58. The van der Waals surface area contributed by atoms with Gasteiger partial charge >= 0.3 is 0 Å². The fourth-order valence-electron chi connectivity index (χ4n) is 7.68. The third-order valence-corrected chi connectivity index (χ3v) is 9.45. The predicted octanol–water partition coefficient (Wildman–Crippen LogP) is 7.36. The van der Waals surface area contributed by atoms with E-state index in [1.165, 1.54) is 10.5 Å². The van der Waals surface area contributed by atoms with E-state index in [9.17, 15) is 9.59 Å².